The molecular formula is C28H50O. The molecule has 168 valence electrons. The Morgan fingerprint density at radius 1 is 0.793 bits per heavy atom. The zero-order valence-electron chi connectivity index (χ0n) is 20.4. The summed E-state index contributed by atoms with van der Waals surface area (Å²) in [5.41, 5.74) is 1.14. The second-order valence-corrected chi connectivity index (χ2v) is 13.1. The van der Waals surface area contributed by atoms with Crippen LogP contribution in [0.4, 0.5) is 0 Å². The fraction of sp³-hybridized carbons (Fsp3) is 1.00. The van der Waals surface area contributed by atoms with E-state index < -0.39 is 0 Å². The highest BCUT2D eigenvalue weighted by Gasteiger charge is 2.60. The first kappa shape index (κ1) is 22.2. The molecule has 0 bridgehead atoms. The van der Waals surface area contributed by atoms with Gasteiger partial charge in [0.1, 0.15) is 0 Å². The van der Waals surface area contributed by atoms with E-state index in [0.717, 1.165) is 60.2 Å². The Labute approximate surface area is 181 Å². The highest BCUT2D eigenvalue weighted by molar-refractivity contribution is 5.09. The minimum absolute atomic E-state index is 0.0107. The van der Waals surface area contributed by atoms with Gasteiger partial charge in [0.05, 0.1) is 6.10 Å². The van der Waals surface area contributed by atoms with Crippen molar-refractivity contribution in [3.8, 4) is 0 Å². The van der Waals surface area contributed by atoms with E-state index in [2.05, 4.69) is 41.5 Å². The number of aliphatic hydroxyl groups is 1. The Morgan fingerprint density at radius 2 is 1.48 bits per heavy atom. The lowest BCUT2D eigenvalue weighted by molar-refractivity contribution is -0.129. The van der Waals surface area contributed by atoms with Gasteiger partial charge >= 0.3 is 0 Å². The molecule has 29 heavy (non-hydrogen) atoms. The highest BCUT2D eigenvalue weighted by atomic mass is 16.3. The Kier molecular flexibility index (Phi) is 6.22. The summed E-state index contributed by atoms with van der Waals surface area (Å²) in [6, 6.07) is 0. The van der Waals surface area contributed by atoms with Gasteiger partial charge in [0.2, 0.25) is 0 Å². The van der Waals surface area contributed by atoms with Crippen molar-refractivity contribution in [2.45, 2.75) is 118 Å². The minimum atomic E-state index is -0.0107. The van der Waals surface area contributed by atoms with Crippen LogP contribution in [0.2, 0.25) is 0 Å². The molecular weight excluding hydrogens is 352 g/mol. The second kappa shape index (κ2) is 8.14. The zero-order valence-corrected chi connectivity index (χ0v) is 20.4. The van der Waals surface area contributed by atoms with E-state index in [1.165, 1.54) is 57.8 Å². The molecule has 1 N–H and O–H groups in total. The summed E-state index contributed by atoms with van der Waals surface area (Å²) >= 11 is 0. The topological polar surface area (TPSA) is 20.2 Å². The van der Waals surface area contributed by atoms with Crippen LogP contribution in [-0.4, -0.2) is 11.2 Å². The van der Waals surface area contributed by atoms with E-state index in [0.29, 0.717) is 10.8 Å². The quantitative estimate of drug-likeness (QED) is 0.499. The van der Waals surface area contributed by atoms with Gasteiger partial charge < -0.3 is 5.11 Å². The van der Waals surface area contributed by atoms with Crippen LogP contribution in [0, 0.1) is 58.2 Å². The van der Waals surface area contributed by atoms with Crippen LogP contribution in [0.15, 0.2) is 0 Å². The molecule has 10 atom stereocenters. The molecule has 1 heteroatoms. The average Bonchev–Trinajstić information content (AvgIpc) is 3.03. The summed E-state index contributed by atoms with van der Waals surface area (Å²) in [7, 11) is 0. The maximum atomic E-state index is 10.3. The summed E-state index contributed by atoms with van der Waals surface area (Å²) in [5.74, 6) is 7.28. The Morgan fingerprint density at radius 3 is 2.21 bits per heavy atom. The molecule has 4 fully saturated rings. The number of hydrogen-bond donors (Lipinski definition) is 1. The van der Waals surface area contributed by atoms with Crippen molar-refractivity contribution in [1.29, 1.82) is 0 Å². The van der Waals surface area contributed by atoms with Crippen LogP contribution in [0.25, 0.3) is 0 Å². The van der Waals surface area contributed by atoms with Gasteiger partial charge in [0, 0.05) is 0 Å². The molecule has 9 unspecified atom stereocenters. The molecule has 0 amide bonds. The van der Waals surface area contributed by atoms with E-state index in [9.17, 15) is 5.11 Å². The average molecular weight is 403 g/mol. The fourth-order valence-corrected chi connectivity index (χ4v) is 9.27. The Hall–Kier alpha value is -0.0400. The van der Waals surface area contributed by atoms with Crippen molar-refractivity contribution >= 4 is 0 Å². The summed E-state index contributed by atoms with van der Waals surface area (Å²) in [6.45, 7) is 15.2. The van der Waals surface area contributed by atoms with Gasteiger partial charge in [-0.25, -0.2) is 0 Å². The first-order valence-corrected chi connectivity index (χ1v) is 13.3. The van der Waals surface area contributed by atoms with Gasteiger partial charge in [-0.3, -0.25) is 0 Å². The molecule has 1 nitrogen and oxygen atoms in total. The van der Waals surface area contributed by atoms with Gasteiger partial charge in [-0.05, 0) is 116 Å². The molecule has 0 aliphatic heterocycles. The van der Waals surface area contributed by atoms with E-state index in [-0.39, 0.29) is 6.10 Å². The summed E-state index contributed by atoms with van der Waals surface area (Å²) in [5, 5.41) is 10.3. The van der Waals surface area contributed by atoms with Gasteiger partial charge in [-0.2, -0.15) is 0 Å². The van der Waals surface area contributed by atoms with Crippen molar-refractivity contribution < 1.29 is 5.11 Å². The molecule has 0 aromatic rings. The number of rotatable bonds is 5. The van der Waals surface area contributed by atoms with Crippen LogP contribution in [0.5, 0.6) is 0 Å². The van der Waals surface area contributed by atoms with Crippen molar-refractivity contribution in [1.82, 2.24) is 0 Å². The Balaban J connectivity index is 1.46. The van der Waals surface area contributed by atoms with Crippen LogP contribution in [-0.2, 0) is 0 Å². The smallest absolute Gasteiger partial charge is 0.0543 e. The minimum Gasteiger partial charge on any atom is -0.393 e. The van der Waals surface area contributed by atoms with E-state index in [4.69, 9.17) is 0 Å². The number of aliphatic hydroxyl groups excluding tert-OH is 1. The van der Waals surface area contributed by atoms with Gasteiger partial charge in [0.25, 0.3) is 0 Å². The lowest BCUT2D eigenvalue weighted by atomic mass is 9.44. The maximum Gasteiger partial charge on any atom is 0.0543 e. The Bertz CT molecular complexity index is 569. The highest BCUT2D eigenvalue weighted by Crippen LogP contribution is 2.68. The standard InChI is InChI=1S/C28H50O/c1-18(2)19(3)7-8-20(4)24-11-12-25-23-10-9-21-17-22(29)13-15-27(21,5)26(23)14-16-28(24,25)6/h18-26,29H,7-17H2,1-6H3/t19?,20?,21-,22?,23?,24?,25?,26?,27?,28?/m0/s1. The van der Waals surface area contributed by atoms with Crippen LogP contribution in [0.1, 0.15) is 112 Å². The van der Waals surface area contributed by atoms with Crippen molar-refractivity contribution in [2.75, 3.05) is 0 Å². The third kappa shape index (κ3) is 3.74. The molecule has 0 heterocycles. The normalized spacial score (nSPS) is 49.2. The molecule has 4 saturated carbocycles. The molecule has 0 spiro atoms. The van der Waals surface area contributed by atoms with E-state index in [1.807, 2.05) is 0 Å². The van der Waals surface area contributed by atoms with E-state index >= 15 is 0 Å². The van der Waals surface area contributed by atoms with Crippen molar-refractivity contribution in [2.24, 2.45) is 58.2 Å². The SMILES string of the molecule is CC(C)C(C)CCC(C)C1CCC2C3CC[C@H]4CC(O)CCC4(C)C3CCC12C. The first-order chi connectivity index (χ1) is 13.7. The fourth-order valence-electron chi connectivity index (χ4n) is 9.27. The van der Waals surface area contributed by atoms with Gasteiger partial charge in [-0.15, -0.1) is 0 Å². The summed E-state index contributed by atoms with van der Waals surface area (Å²) < 4.78 is 0. The summed E-state index contributed by atoms with van der Waals surface area (Å²) in [4.78, 5) is 0. The predicted octanol–water partition coefficient (Wildman–Crippen LogP) is 7.71. The zero-order chi connectivity index (χ0) is 21.0. The second-order valence-electron chi connectivity index (χ2n) is 13.1. The van der Waals surface area contributed by atoms with Crippen LogP contribution >= 0.6 is 0 Å². The monoisotopic (exact) mass is 402 g/mol. The van der Waals surface area contributed by atoms with Gasteiger partial charge in [0.15, 0.2) is 0 Å². The van der Waals surface area contributed by atoms with Crippen molar-refractivity contribution in [3.63, 3.8) is 0 Å². The largest absolute Gasteiger partial charge is 0.393 e. The lowest BCUT2D eigenvalue weighted by Crippen LogP contribution is -2.54. The molecule has 4 aliphatic rings. The van der Waals surface area contributed by atoms with Gasteiger partial charge in [-0.1, -0.05) is 54.4 Å². The number of hydrogen-bond acceptors (Lipinski definition) is 1. The van der Waals surface area contributed by atoms with E-state index in [1.54, 1.807) is 0 Å². The summed E-state index contributed by atoms with van der Waals surface area (Å²) in [6.07, 6.45) is 15.1. The maximum absolute atomic E-state index is 10.3. The third-order valence-corrected chi connectivity index (χ3v) is 11.6. The molecule has 0 saturated heterocycles. The van der Waals surface area contributed by atoms with Crippen molar-refractivity contribution in [3.05, 3.63) is 0 Å². The molecule has 0 radical (unpaired) electrons. The van der Waals surface area contributed by atoms with Crippen LogP contribution < -0.4 is 0 Å². The lowest BCUT2D eigenvalue weighted by Gasteiger charge is -2.61. The third-order valence-electron chi connectivity index (χ3n) is 11.6. The molecule has 0 aromatic carbocycles. The van der Waals surface area contributed by atoms with Crippen LogP contribution in [0.3, 0.4) is 0 Å². The number of fused-ring (bicyclic) bond motifs is 5. The first-order valence-electron chi connectivity index (χ1n) is 13.3. The molecule has 4 aliphatic carbocycles. The molecule has 4 rings (SSSR count). The molecule has 0 aromatic heterocycles. The predicted molar refractivity (Wildman–Crippen MR) is 124 cm³/mol.